The highest BCUT2D eigenvalue weighted by Gasteiger charge is 1.96. The Balaban J connectivity index is 3.51. The highest BCUT2D eigenvalue weighted by Crippen LogP contribution is 1.99. The predicted molar refractivity (Wildman–Crippen MR) is 58.2 cm³/mol. The van der Waals surface area contributed by atoms with E-state index >= 15 is 0 Å². The highest BCUT2D eigenvalue weighted by molar-refractivity contribution is 5.89. The molecule has 0 saturated heterocycles. The van der Waals surface area contributed by atoms with Crippen LogP contribution in [-0.2, 0) is 9.59 Å². The van der Waals surface area contributed by atoms with Crippen LogP contribution in [0.1, 0.15) is 52.4 Å². The molecular weight excluding hydrogens is 176 g/mol. The molecule has 0 atom stereocenters. The molecule has 0 amide bonds. The van der Waals surface area contributed by atoms with E-state index in [0.717, 1.165) is 12.8 Å². The van der Waals surface area contributed by atoms with Gasteiger partial charge in [-0.15, -0.1) is 0 Å². The average Bonchev–Trinajstić information content (AvgIpc) is 2.21. The van der Waals surface area contributed by atoms with Gasteiger partial charge in [-0.25, -0.2) is 0 Å². The number of allylic oxidation sites excluding steroid dienone is 2. The van der Waals surface area contributed by atoms with Crippen molar-refractivity contribution >= 4 is 11.6 Å². The van der Waals surface area contributed by atoms with Gasteiger partial charge < -0.3 is 0 Å². The summed E-state index contributed by atoms with van der Waals surface area (Å²) in [5.41, 5.74) is 0. The highest BCUT2D eigenvalue weighted by atomic mass is 16.1. The van der Waals surface area contributed by atoms with E-state index in [1.165, 1.54) is 0 Å². The Bertz CT molecular complexity index is 204. The number of carbonyl (C=O) groups excluding carboxylic acids is 2. The molecule has 2 nitrogen and oxygen atoms in total. The van der Waals surface area contributed by atoms with Crippen molar-refractivity contribution in [3.63, 3.8) is 0 Å². The number of Topliss-reactive ketones (excluding diaryl/α,β-unsaturated/α-hetero) is 1. The van der Waals surface area contributed by atoms with Crippen molar-refractivity contribution < 1.29 is 9.59 Å². The molecule has 0 aromatic heterocycles. The molecule has 0 unspecified atom stereocenters. The second kappa shape index (κ2) is 8.67. The third kappa shape index (κ3) is 7.71. The van der Waals surface area contributed by atoms with Crippen molar-refractivity contribution in [2.45, 2.75) is 52.4 Å². The van der Waals surface area contributed by atoms with Crippen LogP contribution in [0.2, 0.25) is 0 Å². The minimum Gasteiger partial charge on any atom is -0.300 e. The fourth-order valence-corrected chi connectivity index (χ4v) is 1.07. The molecule has 0 aliphatic carbocycles. The summed E-state index contributed by atoms with van der Waals surface area (Å²) in [5, 5.41) is 0. The number of rotatable bonds is 8. The summed E-state index contributed by atoms with van der Waals surface area (Å²) in [6.07, 6.45) is 7.92. The summed E-state index contributed by atoms with van der Waals surface area (Å²) >= 11 is 0. The Morgan fingerprint density at radius 2 is 1.86 bits per heavy atom. The molecule has 0 radical (unpaired) electrons. The summed E-state index contributed by atoms with van der Waals surface area (Å²) in [4.78, 5) is 22.1. The first-order valence-corrected chi connectivity index (χ1v) is 5.41. The predicted octanol–water partition coefficient (Wildman–Crippen LogP) is 3.06. The largest absolute Gasteiger partial charge is 0.300 e. The Hall–Kier alpha value is -0.920. The second-order valence-electron chi connectivity index (χ2n) is 3.40. The lowest BCUT2D eigenvalue weighted by atomic mass is 10.1. The lowest BCUT2D eigenvalue weighted by molar-refractivity contribution is -0.118. The van der Waals surface area contributed by atoms with Gasteiger partial charge in [-0.1, -0.05) is 26.3 Å². The molecule has 0 bridgehead atoms. The summed E-state index contributed by atoms with van der Waals surface area (Å²) in [5.74, 6) is 0.437. The van der Waals surface area contributed by atoms with Gasteiger partial charge in [0.1, 0.15) is 5.78 Å². The zero-order chi connectivity index (χ0) is 10.8. The van der Waals surface area contributed by atoms with Crippen LogP contribution >= 0.6 is 0 Å². The van der Waals surface area contributed by atoms with Gasteiger partial charge >= 0.3 is 0 Å². The third-order valence-corrected chi connectivity index (χ3v) is 2.06. The van der Waals surface area contributed by atoms with Crippen LogP contribution in [0.25, 0.3) is 0 Å². The van der Waals surface area contributed by atoms with Crippen LogP contribution in [0.5, 0.6) is 0 Å². The number of hydrogen-bond acceptors (Lipinski definition) is 2. The maximum Gasteiger partial charge on any atom is 0.155 e. The number of hydrogen-bond donors (Lipinski definition) is 0. The van der Waals surface area contributed by atoms with E-state index < -0.39 is 0 Å². The second-order valence-corrected chi connectivity index (χ2v) is 3.40. The summed E-state index contributed by atoms with van der Waals surface area (Å²) < 4.78 is 0. The fourth-order valence-electron chi connectivity index (χ4n) is 1.07. The van der Waals surface area contributed by atoms with Gasteiger partial charge in [0.25, 0.3) is 0 Å². The number of carbonyl (C=O) groups is 2. The molecule has 0 aromatic carbocycles. The van der Waals surface area contributed by atoms with Gasteiger partial charge in [-0.2, -0.15) is 0 Å². The van der Waals surface area contributed by atoms with E-state index in [1.54, 1.807) is 6.08 Å². The topological polar surface area (TPSA) is 34.1 Å². The summed E-state index contributed by atoms with van der Waals surface area (Å²) in [6, 6.07) is 0. The van der Waals surface area contributed by atoms with Crippen LogP contribution < -0.4 is 0 Å². The molecule has 0 heterocycles. The Kier molecular flexibility index (Phi) is 8.10. The standard InChI is InChI=1S/C12H20O2/c1-3-5-8-12(14)10-7-6-9-11(13)4-2/h7,10H,3-6,8-9H2,1-2H3. The van der Waals surface area contributed by atoms with Crippen molar-refractivity contribution in [2.24, 2.45) is 0 Å². The van der Waals surface area contributed by atoms with Crippen LogP contribution in [0.4, 0.5) is 0 Å². The number of unbranched alkanes of at least 4 members (excludes halogenated alkanes) is 1. The van der Waals surface area contributed by atoms with E-state index in [1.807, 2.05) is 13.0 Å². The summed E-state index contributed by atoms with van der Waals surface area (Å²) in [6.45, 7) is 3.93. The van der Waals surface area contributed by atoms with Gasteiger partial charge in [-0.3, -0.25) is 9.59 Å². The molecule has 0 fully saturated rings. The molecule has 14 heavy (non-hydrogen) atoms. The van der Waals surface area contributed by atoms with Crippen molar-refractivity contribution in [3.05, 3.63) is 12.2 Å². The maximum absolute atomic E-state index is 11.1. The first kappa shape index (κ1) is 13.1. The third-order valence-electron chi connectivity index (χ3n) is 2.06. The van der Waals surface area contributed by atoms with E-state index in [2.05, 4.69) is 6.92 Å². The quantitative estimate of drug-likeness (QED) is 0.559. The minimum atomic E-state index is 0.177. The molecule has 0 spiro atoms. The van der Waals surface area contributed by atoms with Crippen molar-refractivity contribution in [1.82, 2.24) is 0 Å². The zero-order valence-corrected chi connectivity index (χ0v) is 9.21. The van der Waals surface area contributed by atoms with Gasteiger partial charge in [0, 0.05) is 19.3 Å². The summed E-state index contributed by atoms with van der Waals surface area (Å²) in [7, 11) is 0. The molecule has 0 saturated carbocycles. The molecule has 2 heteroatoms. The minimum absolute atomic E-state index is 0.177. The van der Waals surface area contributed by atoms with Gasteiger partial charge in [0.2, 0.25) is 0 Å². The molecule has 0 aromatic rings. The Morgan fingerprint density at radius 3 is 2.43 bits per heavy atom. The Morgan fingerprint density at radius 1 is 1.14 bits per heavy atom. The lowest BCUT2D eigenvalue weighted by Crippen LogP contribution is -1.94. The van der Waals surface area contributed by atoms with Gasteiger partial charge in [0.15, 0.2) is 5.78 Å². The van der Waals surface area contributed by atoms with Crippen LogP contribution in [0.3, 0.4) is 0 Å². The molecular formula is C12H20O2. The SMILES string of the molecule is CCCCC(=O)C=CCCC(=O)CC. The van der Waals surface area contributed by atoms with Crippen LogP contribution in [-0.4, -0.2) is 11.6 Å². The molecule has 0 rings (SSSR count). The normalized spacial score (nSPS) is 10.7. The van der Waals surface area contributed by atoms with E-state index in [4.69, 9.17) is 0 Å². The molecule has 0 aliphatic heterocycles. The molecule has 80 valence electrons. The molecule has 0 aliphatic rings. The van der Waals surface area contributed by atoms with E-state index in [9.17, 15) is 9.59 Å². The monoisotopic (exact) mass is 196 g/mol. The van der Waals surface area contributed by atoms with E-state index in [-0.39, 0.29) is 11.6 Å². The van der Waals surface area contributed by atoms with Crippen molar-refractivity contribution in [2.75, 3.05) is 0 Å². The van der Waals surface area contributed by atoms with E-state index in [0.29, 0.717) is 25.7 Å². The first-order valence-electron chi connectivity index (χ1n) is 5.41. The van der Waals surface area contributed by atoms with Crippen molar-refractivity contribution in [3.8, 4) is 0 Å². The van der Waals surface area contributed by atoms with Crippen molar-refractivity contribution in [1.29, 1.82) is 0 Å². The fraction of sp³-hybridized carbons (Fsp3) is 0.667. The average molecular weight is 196 g/mol. The Labute approximate surface area is 86.4 Å². The lowest BCUT2D eigenvalue weighted by Gasteiger charge is -1.93. The van der Waals surface area contributed by atoms with Gasteiger partial charge in [-0.05, 0) is 18.9 Å². The van der Waals surface area contributed by atoms with Crippen LogP contribution in [0.15, 0.2) is 12.2 Å². The number of ketones is 2. The zero-order valence-electron chi connectivity index (χ0n) is 9.21. The maximum atomic E-state index is 11.1. The smallest absolute Gasteiger partial charge is 0.155 e. The first-order chi connectivity index (χ1) is 6.70. The van der Waals surface area contributed by atoms with Gasteiger partial charge in [0.05, 0.1) is 0 Å². The molecule has 0 N–H and O–H groups in total. The van der Waals surface area contributed by atoms with Crippen LogP contribution in [0, 0.1) is 0 Å².